The highest BCUT2D eigenvalue weighted by molar-refractivity contribution is 5.70. The molecule has 0 radical (unpaired) electrons. The van der Waals surface area contributed by atoms with Gasteiger partial charge in [-0.1, -0.05) is 19.3 Å². The van der Waals surface area contributed by atoms with Crippen LogP contribution < -0.4 is 5.32 Å². The lowest BCUT2D eigenvalue weighted by molar-refractivity contribution is -0.144. The number of likely N-dealkylation sites (tertiary alicyclic amines) is 1. The van der Waals surface area contributed by atoms with Crippen molar-refractivity contribution in [2.24, 2.45) is 5.92 Å². The van der Waals surface area contributed by atoms with E-state index in [9.17, 15) is 9.90 Å². The Balaban J connectivity index is 1.62. The number of carboxylic acids is 1. The molecule has 19 heavy (non-hydrogen) atoms. The molecular formula is C15H26N2O2. The lowest BCUT2D eigenvalue weighted by atomic mass is 9.88. The van der Waals surface area contributed by atoms with Crippen LogP contribution in [0.3, 0.4) is 0 Å². The van der Waals surface area contributed by atoms with Gasteiger partial charge >= 0.3 is 5.97 Å². The average Bonchev–Trinajstić information content (AvgIpc) is 3.23. The van der Waals surface area contributed by atoms with E-state index in [1.165, 1.54) is 44.9 Å². The van der Waals surface area contributed by atoms with Crippen LogP contribution in [0.25, 0.3) is 0 Å². The lowest BCUT2D eigenvalue weighted by Gasteiger charge is -2.42. The third kappa shape index (κ3) is 3.48. The fraction of sp³-hybridized carbons (Fsp3) is 0.933. The summed E-state index contributed by atoms with van der Waals surface area (Å²) in [5.74, 6) is -0.782. The molecule has 0 bridgehead atoms. The molecule has 2 aliphatic carbocycles. The molecule has 2 atom stereocenters. The van der Waals surface area contributed by atoms with Crippen LogP contribution >= 0.6 is 0 Å². The number of nitrogens with one attached hydrogen (secondary N) is 1. The van der Waals surface area contributed by atoms with Crippen molar-refractivity contribution in [1.29, 1.82) is 0 Å². The van der Waals surface area contributed by atoms with Gasteiger partial charge in [0.15, 0.2) is 0 Å². The first-order valence-electron chi connectivity index (χ1n) is 7.95. The van der Waals surface area contributed by atoms with E-state index in [1.807, 2.05) is 0 Å². The summed E-state index contributed by atoms with van der Waals surface area (Å²) < 4.78 is 0. The summed E-state index contributed by atoms with van der Waals surface area (Å²) in [5, 5.41) is 13.0. The molecule has 1 saturated heterocycles. The van der Waals surface area contributed by atoms with E-state index in [-0.39, 0.29) is 5.92 Å². The number of carbonyl (C=O) groups is 1. The van der Waals surface area contributed by atoms with Crippen molar-refractivity contribution in [3.63, 3.8) is 0 Å². The zero-order chi connectivity index (χ0) is 13.2. The van der Waals surface area contributed by atoms with E-state index in [0.29, 0.717) is 18.1 Å². The number of nitrogens with zero attached hydrogens (tertiary/aromatic N) is 1. The summed E-state index contributed by atoms with van der Waals surface area (Å²) in [6.07, 6.45) is 9.89. The van der Waals surface area contributed by atoms with Gasteiger partial charge in [-0.3, -0.25) is 9.69 Å². The third-order valence-electron chi connectivity index (χ3n) is 4.97. The molecule has 3 aliphatic rings. The highest BCUT2D eigenvalue weighted by atomic mass is 16.4. The van der Waals surface area contributed by atoms with Gasteiger partial charge in [0.25, 0.3) is 0 Å². The monoisotopic (exact) mass is 266 g/mol. The smallest absolute Gasteiger partial charge is 0.307 e. The third-order valence-corrected chi connectivity index (χ3v) is 4.97. The Labute approximate surface area is 115 Å². The average molecular weight is 266 g/mol. The molecule has 2 saturated carbocycles. The summed E-state index contributed by atoms with van der Waals surface area (Å²) in [6, 6.07) is 1.70. The van der Waals surface area contributed by atoms with Gasteiger partial charge in [0, 0.05) is 31.2 Å². The Hall–Kier alpha value is -0.610. The van der Waals surface area contributed by atoms with Gasteiger partial charge in [0.2, 0.25) is 0 Å². The summed E-state index contributed by atoms with van der Waals surface area (Å²) in [6.45, 7) is 1.83. The van der Waals surface area contributed by atoms with Gasteiger partial charge in [0.05, 0.1) is 5.92 Å². The van der Waals surface area contributed by atoms with Crippen molar-refractivity contribution >= 4 is 5.97 Å². The minimum Gasteiger partial charge on any atom is -0.481 e. The van der Waals surface area contributed by atoms with E-state index in [2.05, 4.69) is 10.2 Å². The predicted molar refractivity (Wildman–Crippen MR) is 74.1 cm³/mol. The molecule has 0 amide bonds. The molecule has 0 aromatic heterocycles. The molecule has 4 nitrogen and oxygen atoms in total. The van der Waals surface area contributed by atoms with Gasteiger partial charge in [-0.25, -0.2) is 0 Å². The van der Waals surface area contributed by atoms with Crippen molar-refractivity contribution in [1.82, 2.24) is 10.2 Å². The maximum atomic E-state index is 11.4. The molecule has 0 aromatic carbocycles. The first-order valence-corrected chi connectivity index (χ1v) is 7.95. The van der Waals surface area contributed by atoms with Gasteiger partial charge in [0.1, 0.15) is 0 Å². The SMILES string of the molecule is O=C(O)C1CC(NC2CC2)CN(C2CCCCC2)C1. The first kappa shape index (κ1) is 13.4. The lowest BCUT2D eigenvalue weighted by Crippen LogP contribution is -2.54. The molecule has 1 aliphatic heterocycles. The van der Waals surface area contributed by atoms with Gasteiger partial charge < -0.3 is 10.4 Å². The van der Waals surface area contributed by atoms with Crippen molar-refractivity contribution in [2.75, 3.05) is 13.1 Å². The summed E-state index contributed by atoms with van der Waals surface area (Å²) in [4.78, 5) is 13.8. The van der Waals surface area contributed by atoms with Gasteiger partial charge in [-0.2, -0.15) is 0 Å². The molecule has 3 fully saturated rings. The van der Waals surface area contributed by atoms with E-state index >= 15 is 0 Å². The Kier molecular flexibility index (Phi) is 4.08. The fourth-order valence-electron chi connectivity index (χ4n) is 3.76. The molecule has 108 valence electrons. The van der Waals surface area contributed by atoms with Crippen LogP contribution in [0.15, 0.2) is 0 Å². The summed E-state index contributed by atoms with van der Waals surface area (Å²) >= 11 is 0. The second-order valence-corrected chi connectivity index (χ2v) is 6.65. The Bertz CT molecular complexity index is 324. The zero-order valence-corrected chi connectivity index (χ0v) is 11.7. The molecule has 4 heteroatoms. The van der Waals surface area contributed by atoms with Crippen LogP contribution in [-0.4, -0.2) is 47.2 Å². The van der Waals surface area contributed by atoms with Crippen LogP contribution in [0.5, 0.6) is 0 Å². The topological polar surface area (TPSA) is 52.6 Å². The van der Waals surface area contributed by atoms with Crippen molar-refractivity contribution in [3.8, 4) is 0 Å². The van der Waals surface area contributed by atoms with E-state index in [0.717, 1.165) is 19.5 Å². The van der Waals surface area contributed by atoms with E-state index in [1.54, 1.807) is 0 Å². The van der Waals surface area contributed by atoms with Crippen molar-refractivity contribution in [3.05, 3.63) is 0 Å². The molecule has 2 N–H and O–H groups in total. The second kappa shape index (κ2) is 5.80. The minimum absolute atomic E-state index is 0.174. The number of rotatable bonds is 4. The number of hydrogen-bond donors (Lipinski definition) is 2. The van der Waals surface area contributed by atoms with Crippen molar-refractivity contribution in [2.45, 2.75) is 69.5 Å². The number of aliphatic carboxylic acids is 1. The van der Waals surface area contributed by atoms with Gasteiger partial charge in [-0.05, 0) is 32.1 Å². The van der Waals surface area contributed by atoms with Crippen LogP contribution in [0.4, 0.5) is 0 Å². The molecule has 2 unspecified atom stereocenters. The maximum absolute atomic E-state index is 11.4. The van der Waals surface area contributed by atoms with Crippen LogP contribution in [0.1, 0.15) is 51.4 Å². The predicted octanol–water partition coefficient (Wildman–Crippen LogP) is 1.85. The zero-order valence-electron chi connectivity index (χ0n) is 11.7. The van der Waals surface area contributed by atoms with E-state index in [4.69, 9.17) is 0 Å². The second-order valence-electron chi connectivity index (χ2n) is 6.65. The van der Waals surface area contributed by atoms with Gasteiger partial charge in [-0.15, -0.1) is 0 Å². The molecule has 1 heterocycles. The fourth-order valence-corrected chi connectivity index (χ4v) is 3.76. The molecule has 3 rings (SSSR count). The van der Waals surface area contributed by atoms with Crippen LogP contribution in [0.2, 0.25) is 0 Å². The highest BCUT2D eigenvalue weighted by Gasteiger charge is 2.36. The van der Waals surface area contributed by atoms with E-state index < -0.39 is 5.97 Å². The van der Waals surface area contributed by atoms with Crippen LogP contribution in [-0.2, 0) is 4.79 Å². The highest BCUT2D eigenvalue weighted by Crippen LogP contribution is 2.29. The Morgan fingerprint density at radius 3 is 2.37 bits per heavy atom. The van der Waals surface area contributed by atoms with Crippen molar-refractivity contribution < 1.29 is 9.90 Å². The molecule has 0 spiro atoms. The summed E-state index contributed by atoms with van der Waals surface area (Å²) in [5.41, 5.74) is 0. The normalized spacial score (nSPS) is 34.3. The molecular weight excluding hydrogens is 240 g/mol. The largest absolute Gasteiger partial charge is 0.481 e. The number of hydrogen-bond acceptors (Lipinski definition) is 3. The summed E-state index contributed by atoms with van der Waals surface area (Å²) in [7, 11) is 0. The maximum Gasteiger partial charge on any atom is 0.307 e. The van der Waals surface area contributed by atoms with Crippen LogP contribution in [0, 0.1) is 5.92 Å². The Morgan fingerprint density at radius 2 is 1.74 bits per heavy atom. The minimum atomic E-state index is -0.608. The quantitative estimate of drug-likeness (QED) is 0.815. The number of carboxylic acid groups (broad SMARTS) is 1. The molecule has 0 aromatic rings. The first-order chi connectivity index (χ1) is 9.22. The standard InChI is InChI=1S/C15H26N2O2/c18-15(19)11-8-13(16-12-6-7-12)10-17(9-11)14-4-2-1-3-5-14/h11-14,16H,1-10H2,(H,18,19). The Morgan fingerprint density at radius 1 is 1.00 bits per heavy atom. The number of piperidine rings is 1.